The first-order valence-corrected chi connectivity index (χ1v) is 8.85. The van der Waals surface area contributed by atoms with Crippen LogP contribution in [0.4, 0.5) is 13.2 Å². The van der Waals surface area contributed by atoms with Crippen molar-refractivity contribution in [3.05, 3.63) is 27.7 Å². The molecular formula is C16H20Cl2F3N3O4. The third kappa shape index (κ3) is 6.69. The highest BCUT2D eigenvalue weighted by Gasteiger charge is 2.38. The monoisotopic (exact) mass is 445 g/mol. The predicted octanol–water partition coefficient (Wildman–Crippen LogP) is 2.53. The summed E-state index contributed by atoms with van der Waals surface area (Å²) < 4.78 is 31.7. The van der Waals surface area contributed by atoms with E-state index < -0.39 is 12.1 Å². The van der Waals surface area contributed by atoms with Crippen molar-refractivity contribution in [3.63, 3.8) is 0 Å². The second kappa shape index (κ2) is 10.1. The molecule has 0 aromatic heterocycles. The summed E-state index contributed by atoms with van der Waals surface area (Å²) in [6, 6.07) is 2.68. The topological polar surface area (TPSA) is 130 Å². The minimum Gasteiger partial charge on any atom is -0.508 e. The van der Waals surface area contributed by atoms with E-state index in [2.05, 4.69) is 0 Å². The van der Waals surface area contributed by atoms with E-state index in [1.165, 1.54) is 6.07 Å². The average Bonchev–Trinajstić information content (AvgIpc) is 2.63. The van der Waals surface area contributed by atoms with Gasteiger partial charge in [0.15, 0.2) is 0 Å². The zero-order valence-electron chi connectivity index (χ0n) is 14.5. The van der Waals surface area contributed by atoms with Crippen molar-refractivity contribution >= 4 is 35.1 Å². The zero-order chi connectivity index (χ0) is 21.6. The summed E-state index contributed by atoms with van der Waals surface area (Å²) in [4.78, 5) is 22.2. The fourth-order valence-corrected chi connectivity index (χ4v) is 3.04. The van der Waals surface area contributed by atoms with Gasteiger partial charge in [0.05, 0.1) is 16.6 Å². The molecule has 12 heteroatoms. The molecule has 1 fully saturated rings. The van der Waals surface area contributed by atoms with Crippen LogP contribution in [0.5, 0.6) is 5.75 Å². The summed E-state index contributed by atoms with van der Waals surface area (Å²) in [7, 11) is 0. The lowest BCUT2D eigenvalue weighted by molar-refractivity contribution is -0.192. The van der Waals surface area contributed by atoms with E-state index in [-0.39, 0.29) is 30.2 Å². The molecule has 2 rings (SSSR count). The third-order valence-electron chi connectivity index (χ3n) is 4.25. The van der Waals surface area contributed by atoms with Crippen LogP contribution in [0.25, 0.3) is 0 Å². The molecule has 7 nitrogen and oxygen atoms in total. The number of carboxylic acids is 1. The van der Waals surface area contributed by atoms with E-state index in [1.807, 2.05) is 0 Å². The smallest absolute Gasteiger partial charge is 0.490 e. The van der Waals surface area contributed by atoms with Crippen molar-refractivity contribution in [3.8, 4) is 5.75 Å². The van der Waals surface area contributed by atoms with Gasteiger partial charge in [-0.1, -0.05) is 23.2 Å². The fraction of sp³-hybridized carbons (Fsp3) is 0.500. The first kappa shape index (κ1) is 24.3. The van der Waals surface area contributed by atoms with Gasteiger partial charge in [0, 0.05) is 30.8 Å². The third-order valence-corrected chi connectivity index (χ3v) is 4.97. The lowest BCUT2D eigenvalue weighted by atomic mass is 9.85. The molecule has 1 aromatic carbocycles. The van der Waals surface area contributed by atoms with Gasteiger partial charge in [-0.15, -0.1) is 0 Å². The predicted molar refractivity (Wildman–Crippen MR) is 97.1 cm³/mol. The molecule has 0 saturated carbocycles. The number of piperidine rings is 1. The summed E-state index contributed by atoms with van der Waals surface area (Å²) in [5, 5.41) is 17.8. The SMILES string of the molecule is NCC(=O)N1CCC([C@@H](N)c2cc(Cl)c(Cl)cc2O)CC1.O=C(O)C(F)(F)F. The Morgan fingerprint density at radius 2 is 1.68 bits per heavy atom. The average molecular weight is 446 g/mol. The highest BCUT2D eigenvalue weighted by Crippen LogP contribution is 2.37. The highest BCUT2D eigenvalue weighted by atomic mass is 35.5. The number of alkyl halides is 3. The summed E-state index contributed by atoms with van der Waals surface area (Å²) >= 11 is 11.8. The minimum absolute atomic E-state index is 0.0320. The number of rotatable bonds is 3. The number of carbonyl (C=O) groups is 2. The van der Waals surface area contributed by atoms with Crippen molar-refractivity contribution in [1.82, 2.24) is 4.90 Å². The van der Waals surface area contributed by atoms with Crippen LogP contribution in [-0.4, -0.2) is 52.8 Å². The molecule has 0 unspecified atom stereocenters. The Kier molecular flexibility index (Phi) is 8.80. The first-order valence-electron chi connectivity index (χ1n) is 8.09. The van der Waals surface area contributed by atoms with Crippen molar-refractivity contribution < 1.29 is 33.0 Å². The number of halogens is 5. The van der Waals surface area contributed by atoms with Crippen LogP contribution >= 0.6 is 23.2 Å². The minimum atomic E-state index is -5.08. The van der Waals surface area contributed by atoms with Crippen LogP contribution in [-0.2, 0) is 9.59 Å². The van der Waals surface area contributed by atoms with Gasteiger partial charge in [-0.2, -0.15) is 13.2 Å². The number of carboxylic acid groups (broad SMARTS) is 1. The van der Waals surface area contributed by atoms with Crippen LogP contribution in [0.3, 0.4) is 0 Å². The van der Waals surface area contributed by atoms with E-state index >= 15 is 0 Å². The molecule has 1 amide bonds. The van der Waals surface area contributed by atoms with Crippen molar-refractivity contribution in [2.24, 2.45) is 17.4 Å². The lowest BCUT2D eigenvalue weighted by Gasteiger charge is -2.35. The molecular weight excluding hydrogens is 426 g/mol. The molecule has 0 aliphatic carbocycles. The number of hydrogen-bond donors (Lipinski definition) is 4. The molecule has 1 aliphatic heterocycles. The second-order valence-electron chi connectivity index (χ2n) is 6.08. The van der Waals surface area contributed by atoms with Gasteiger partial charge in [-0.05, 0) is 24.8 Å². The molecule has 0 bridgehead atoms. The molecule has 1 aliphatic rings. The Hall–Kier alpha value is -1.75. The Bertz CT molecular complexity index is 711. The Morgan fingerprint density at radius 3 is 2.11 bits per heavy atom. The lowest BCUT2D eigenvalue weighted by Crippen LogP contribution is -2.43. The number of likely N-dealkylation sites (tertiary alicyclic amines) is 1. The van der Waals surface area contributed by atoms with E-state index in [0.717, 1.165) is 12.8 Å². The molecule has 0 spiro atoms. The van der Waals surface area contributed by atoms with E-state index in [1.54, 1.807) is 11.0 Å². The highest BCUT2D eigenvalue weighted by molar-refractivity contribution is 6.42. The second-order valence-corrected chi connectivity index (χ2v) is 6.89. The van der Waals surface area contributed by atoms with Gasteiger partial charge >= 0.3 is 12.1 Å². The molecule has 1 atom stereocenters. The number of benzene rings is 1. The van der Waals surface area contributed by atoms with Crippen LogP contribution < -0.4 is 11.5 Å². The normalized spacial score (nSPS) is 16.2. The van der Waals surface area contributed by atoms with Gasteiger partial charge < -0.3 is 26.6 Å². The summed E-state index contributed by atoms with van der Waals surface area (Å²) in [6.07, 6.45) is -3.54. The molecule has 1 aromatic rings. The first-order chi connectivity index (χ1) is 12.9. The largest absolute Gasteiger partial charge is 0.508 e. The van der Waals surface area contributed by atoms with Gasteiger partial charge in [0.1, 0.15) is 5.75 Å². The quantitative estimate of drug-likeness (QED) is 0.565. The maximum atomic E-state index is 11.5. The standard InChI is InChI=1S/C14H19Cl2N3O2.C2HF3O2/c15-10-5-9(12(20)6-11(10)16)14(18)8-1-3-19(4-2-8)13(21)7-17;3-2(4,5)1(6)7/h5-6,8,14,20H,1-4,7,17-18H2;(H,6,7)/t14-;/m1./s1. The number of amides is 1. The number of carbonyl (C=O) groups excluding carboxylic acids is 1. The van der Waals surface area contributed by atoms with Crippen LogP contribution in [0.15, 0.2) is 12.1 Å². The number of phenols is 1. The van der Waals surface area contributed by atoms with E-state index in [0.29, 0.717) is 28.7 Å². The molecule has 0 radical (unpaired) electrons. The van der Waals surface area contributed by atoms with Crippen LogP contribution in [0, 0.1) is 5.92 Å². The number of hydrogen-bond acceptors (Lipinski definition) is 5. The van der Waals surface area contributed by atoms with Crippen LogP contribution in [0.2, 0.25) is 10.0 Å². The molecule has 28 heavy (non-hydrogen) atoms. The van der Waals surface area contributed by atoms with Crippen molar-refractivity contribution in [1.29, 1.82) is 0 Å². The number of nitrogens with zero attached hydrogens (tertiary/aromatic N) is 1. The number of aromatic hydroxyl groups is 1. The van der Waals surface area contributed by atoms with Gasteiger partial charge in [-0.25, -0.2) is 4.79 Å². The number of aliphatic carboxylic acids is 1. The Labute approximate surface area is 169 Å². The number of nitrogens with two attached hydrogens (primary N) is 2. The van der Waals surface area contributed by atoms with Crippen molar-refractivity contribution in [2.45, 2.75) is 25.1 Å². The fourth-order valence-electron chi connectivity index (χ4n) is 2.71. The Balaban J connectivity index is 0.000000480. The van der Waals surface area contributed by atoms with Crippen LogP contribution in [0.1, 0.15) is 24.4 Å². The molecule has 6 N–H and O–H groups in total. The molecule has 1 heterocycles. The van der Waals surface area contributed by atoms with Gasteiger partial charge in [0.25, 0.3) is 0 Å². The molecule has 1 saturated heterocycles. The molecule has 158 valence electrons. The van der Waals surface area contributed by atoms with E-state index in [4.69, 9.17) is 44.6 Å². The maximum Gasteiger partial charge on any atom is 0.490 e. The van der Waals surface area contributed by atoms with Gasteiger partial charge in [-0.3, -0.25) is 4.79 Å². The number of phenolic OH excluding ortho intramolecular Hbond substituents is 1. The summed E-state index contributed by atoms with van der Waals surface area (Å²) in [5.41, 5.74) is 12.2. The van der Waals surface area contributed by atoms with E-state index in [9.17, 15) is 23.1 Å². The zero-order valence-corrected chi connectivity index (χ0v) is 16.1. The maximum absolute atomic E-state index is 11.5. The van der Waals surface area contributed by atoms with Gasteiger partial charge in [0.2, 0.25) is 5.91 Å². The summed E-state index contributed by atoms with van der Waals surface area (Å²) in [6.45, 7) is 1.30. The Morgan fingerprint density at radius 1 is 1.21 bits per heavy atom. The van der Waals surface area contributed by atoms with Crippen molar-refractivity contribution in [2.75, 3.05) is 19.6 Å². The summed E-state index contributed by atoms with van der Waals surface area (Å²) in [5.74, 6) is -2.57.